The van der Waals surface area contributed by atoms with Crippen LogP contribution in [0.3, 0.4) is 0 Å². The third-order valence-electron chi connectivity index (χ3n) is 1.75. The Morgan fingerprint density at radius 3 is 2.40 bits per heavy atom. The van der Waals surface area contributed by atoms with E-state index in [9.17, 15) is 0 Å². The van der Waals surface area contributed by atoms with Crippen molar-refractivity contribution in [2.45, 2.75) is 45.2 Å². The summed E-state index contributed by atoms with van der Waals surface area (Å²) in [5.41, 5.74) is 0.444. The van der Waals surface area contributed by atoms with Crippen LogP contribution in [0.1, 0.15) is 39.5 Å². The van der Waals surface area contributed by atoms with E-state index in [4.69, 9.17) is 16.7 Å². The Morgan fingerprint density at radius 1 is 1.50 bits per heavy atom. The van der Waals surface area contributed by atoms with Crippen LogP contribution in [0.2, 0.25) is 0 Å². The molecule has 2 unspecified atom stereocenters. The molecule has 0 bridgehead atoms. The van der Waals surface area contributed by atoms with Gasteiger partial charge in [-0.2, -0.15) is 0 Å². The number of hydrogen-bond acceptors (Lipinski definition) is 1. The Balaban J connectivity index is 3.50. The van der Waals surface area contributed by atoms with Crippen LogP contribution in [-0.4, -0.2) is 10.6 Å². The van der Waals surface area contributed by atoms with Crippen LogP contribution in [-0.2, 0) is 11.8 Å². The molecule has 0 aliphatic heterocycles. The zero-order valence-corrected chi connectivity index (χ0v) is 8.58. The van der Waals surface area contributed by atoms with Gasteiger partial charge in [0.2, 0.25) is 0 Å². The highest BCUT2D eigenvalue weighted by Crippen LogP contribution is 2.29. The Labute approximate surface area is 69.3 Å². The lowest BCUT2D eigenvalue weighted by Crippen LogP contribution is -1.98. The number of rotatable bonds is 5. The summed E-state index contributed by atoms with van der Waals surface area (Å²) in [6.45, 7) is 2.86. The SMILES string of the molecule is CCCCC(CC)[PH](O)=S. The minimum atomic E-state index is -1.41. The van der Waals surface area contributed by atoms with Gasteiger partial charge >= 0.3 is 0 Å². The predicted octanol–water partition coefficient (Wildman–Crippen LogP) is 2.54. The molecule has 0 saturated heterocycles. The van der Waals surface area contributed by atoms with Gasteiger partial charge in [0.25, 0.3) is 0 Å². The maximum atomic E-state index is 9.16. The molecule has 0 heterocycles. The van der Waals surface area contributed by atoms with Gasteiger partial charge in [-0.3, -0.25) is 0 Å². The van der Waals surface area contributed by atoms with Gasteiger partial charge in [0, 0.05) is 5.66 Å². The van der Waals surface area contributed by atoms with Crippen molar-refractivity contribution in [3.63, 3.8) is 0 Å². The fourth-order valence-corrected chi connectivity index (χ4v) is 2.61. The fraction of sp³-hybridized carbons (Fsp3) is 1.00. The molecule has 0 aromatic rings. The first-order valence-corrected chi connectivity index (χ1v) is 6.60. The van der Waals surface area contributed by atoms with E-state index >= 15 is 0 Å². The van der Waals surface area contributed by atoms with E-state index in [2.05, 4.69) is 13.8 Å². The van der Waals surface area contributed by atoms with Crippen LogP contribution in [0, 0.1) is 0 Å². The van der Waals surface area contributed by atoms with E-state index in [0.29, 0.717) is 5.66 Å². The van der Waals surface area contributed by atoms with Crippen molar-refractivity contribution in [1.29, 1.82) is 0 Å². The van der Waals surface area contributed by atoms with Gasteiger partial charge in [0.05, 0.1) is 6.92 Å². The van der Waals surface area contributed by atoms with Gasteiger partial charge in [0.15, 0.2) is 0 Å². The molecular formula is C7H17OPS. The molecule has 0 aromatic carbocycles. The molecule has 0 spiro atoms. The molecule has 1 nitrogen and oxygen atoms in total. The molecule has 0 amide bonds. The minimum absolute atomic E-state index is 0.444. The average Bonchev–Trinajstić information content (AvgIpc) is 1.89. The summed E-state index contributed by atoms with van der Waals surface area (Å²) >= 11 is 4.87. The lowest BCUT2D eigenvalue weighted by atomic mass is 10.2. The topological polar surface area (TPSA) is 20.2 Å². The Bertz CT molecular complexity index is 106. The van der Waals surface area contributed by atoms with Gasteiger partial charge in [-0.15, -0.1) is 0 Å². The molecule has 0 aromatic heterocycles. The molecule has 0 saturated carbocycles. The average molecular weight is 180 g/mol. The molecule has 0 rings (SSSR count). The third-order valence-corrected chi connectivity index (χ3v) is 4.14. The van der Waals surface area contributed by atoms with Crippen molar-refractivity contribution in [1.82, 2.24) is 0 Å². The van der Waals surface area contributed by atoms with Gasteiger partial charge in [-0.1, -0.05) is 38.5 Å². The maximum Gasteiger partial charge on any atom is 0.0550 e. The molecule has 2 atom stereocenters. The highest BCUT2D eigenvalue weighted by atomic mass is 32.4. The fourth-order valence-electron chi connectivity index (χ4n) is 0.953. The van der Waals surface area contributed by atoms with Crippen molar-refractivity contribution in [3.05, 3.63) is 0 Å². The van der Waals surface area contributed by atoms with Crippen LogP contribution in [0.15, 0.2) is 0 Å². The van der Waals surface area contributed by atoms with Gasteiger partial charge in [-0.25, -0.2) is 0 Å². The van der Waals surface area contributed by atoms with Crippen molar-refractivity contribution in [2.24, 2.45) is 0 Å². The molecule has 10 heavy (non-hydrogen) atoms. The van der Waals surface area contributed by atoms with E-state index < -0.39 is 6.92 Å². The van der Waals surface area contributed by atoms with Crippen LogP contribution in [0.4, 0.5) is 0 Å². The van der Waals surface area contributed by atoms with Crippen LogP contribution in [0.25, 0.3) is 0 Å². The van der Waals surface area contributed by atoms with Crippen molar-refractivity contribution in [3.8, 4) is 0 Å². The highest BCUT2D eigenvalue weighted by molar-refractivity contribution is 8.02. The second-order valence-electron chi connectivity index (χ2n) is 2.59. The summed E-state index contributed by atoms with van der Waals surface area (Å²) in [6, 6.07) is 0. The molecular weight excluding hydrogens is 163 g/mol. The molecule has 3 heteroatoms. The zero-order valence-electron chi connectivity index (χ0n) is 6.76. The van der Waals surface area contributed by atoms with Crippen molar-refractivity contribution >= 4 is 18.7 Å². The first-order chi connectivity index (χ1) is 4.72. The number of hydrogen-bond donors (Lipinski definition) is 1. The second-order valence-corrected chi connectivity index (χ2v) is 5.33. The van der Waals surface area contributed by atoms with Crippen LogP contribution in [0.5, 0.6) is 0 Å². The highest BCUT2D eigenvalue weighted by Gasteiger charge is 2.06. The smallest absolute Gasteiger partial charge is 0.0550 e. The van der Waals surface area contributed by atoms with E-state index in [0.717, 1.165) is 12.8 Å². The predicted molar refractivity (Wildman–Crippen MR) is 51.5 cm³/mol. The molecule has 0 radical (unpaired) electrons. The summed E-state index contributed by atoms with van der Waals surface area (Å²) in [5, 5.41) is 0. The summed E-state index contributed by atoms with van der Waals surface area (Å²) < 4.78 is 0. The van der Waals surface area contributed by atoms with Gasteiger partial charge < -0.3 is 4.89 Å². The Morgan fingerprint density at radius 2 is 2.10 bits per heavy atom. The normalized spacial score (nSPS) is 16.7. The maximum absolute atomic E-state index is 9.16. The third kappa shape index (κ3) is 4.43. The van der Waals surface area contributed by atoms with Crippen molar-refractivity contribution < 1.29 is 4.89 Å². The van der Waals surface area contributed by atoms with E-state index in [1.54, 1.807) is 0 Å². The molecule has 62 valence electrons. The first kappa shape index (κ1) is 10.6. The number of unbranched alkanes of at least 4 members (excludes halogenated alkanes) is 1. The quantitative estimate of drug-likeness (QED) is 0.656. The monoisotopic (exact) mass is 180 g/mol. The van der Waals surface area contributed by atoms with E-state index in [-0.39, 0.29) is 0 Å². The van der Waals surface area contributed by atoms with E-state index in [1.807, 2.05) is 0 Å². The summed E-state index contributed by atoms with van der Waals surface area (Å²) in [4.78, 5) is 9.16. The molecule has 0 aliphatic rings. The molecule has 0 fully saturated rings. The van der Waals surface area contributed by atoms with E-state index in [1.165, 1.54) is 12.8 Å². The van der Waals surface area contributed by atoms with Gasteiger partial charge in [0.1, 0.15) is 0 Å². The molecule has 0 aliphatic carbocycles. The van der Waals surface area contributed by atoms with Crippen LogP contribution >= 0.6 is 6.92 Å². The second kappa shape index (κ2) is 6.33. The lowest BCUT2D eigenvalue weighted by Gasteiger charge is -2.11. The minimum Gasteiger partial charge on any atom is -0.368 e. The van der Waals surface area contributed by atoms with Crippen molar-refractivity contribution in [2.75, 3.05) is 0 Å². The lowest BCUT2D eigenvalue weighted by molar-refractivity contribution is 0.589. The standard InChI is InChI=1S/C7H17OPS/c1-3-5-6-7(4-2)9(8)10/h7,9H,3-6H2,1-2H3,(H,8,10). The van der Waals surface area contributed by atoms with Gasteiger partial charge in [-0.05, 0) is 12.8 Å². The Hall–Kier alpha value is 0.610. The Kier molecular flexibility index (Phi) is 6.71. The zero-order chi connectivity index (χ0) is 7.98. The molecule has 1 N–H and O–H groups in total. The first-order valence-electron chi connectivity index (χ1n) is 3.95. The summed E-state index contributed by atoms with van der Waals surface area (Å²) in [6.07, 6.45) is 4.60. The van der Waals surface area contributed by atoms with Crippen LogP contribution < -0.4 is 0 Å². The summed E-state index contributed by atoms with van der Waals surface area (Å²) in [5.74, 6) is 0. The summed E-state index contributed by atoms with van der Waals surface area (Å²) in [7, 11) is 0. The largest absolute Gasteiger partial charge is 0.368 e.